The number of nitrogens with zero attached hydrogens (tertiary/aromatic N) is 2. The second kappa shape index (κ2) is 8.76. The lowest BCUT2D eigenvalue weighted by molar-refractivity contribution is 0.100. The summed E-state index contributed by atoms with van der Waals surface area (Å²) in [6.45, 7) is 1.94. The third-order valence-corrected chi connectivity index (χ3v) is 6.51. The molecule has 7 nitrogen and oxygen atoms in total. The van der Waals surface area contributed by atoms with Gasteiger partial charge in [0, 0.05) is 34.3 Å². The molecule has 2 heterocycles. The van der Waals surface area contributed by atoms with Crippen molar-refractivity contribution in [3.05, 3.63) is 90.2 Å². The third kappa shape index (κ3) is 3.88. The predicted molar refractivity (Wildman–Crippen MR) is 145 cm³/mol. The van der Waals surface area contributed by atoms with Crippen molar-refractivity contribution in [3.8, 4) is 17.1 Å². The Bertz CT molecular complexity index is 1820. The minimum Gasteiger partial charge on any atom is -0.392 e. The molecule has 6 aromatic rings. The maximum Gasteiger partial charge on any atom is 0.250 e. The molecule has 37 heavy (non-hydrogen) atoms. The number of aliphatic hydroxyl groups is 1. The van der Waals surface area contributed by atoms with Crippen molar-refractivity contribution >= 4 is 44.4 Å². The van der Waals surface area contributed by atoms with E-state index in [1.807, 2.05) is 48.5 Å². The summed E-state index contributed by atoms with van der Waals surface area (Å²) in [6, 6.07) is 24.0. The number of amides is 1. The van der Waals surface area contributed by atoms with Crippen LogP contribution in [0.15, 0.2) is 78.9 Å². The van der Waals surface area contributed by atoms with Crippen molar-refractivity contribution in [2.45, 2.75) is 13.0 Å². The molecular weight excluding hydrogens is 469 g/mol. The van der Waals surface area contributed by atoms with E-state index < -0.39 is 12.0 Å². The van der Waals surface area contributed by atoms with Crippen LogP contribution in [-0.4, -0.2) is 38.2 Å². The summed E-state index contributed by atoms with van der Waals surface area (Å²) in [5.74, 6) is -0.222. The van der Waals surface area contributed by atoms with Crippen molar-refractivity contribution in [1.29, 1.82) is 0 Å². The van der Waals surface area contributed by atoms with Gasteiger partial charge in [0.25, 0.3) is 5.91 Å². The van der Waals surface area contributed by atoms with Gasteiger partial charge < -0.3 is 25.7 Å². The van der Waals surface area contributed by atoms with Crippen molar-refractivity contribution in [2.24, 2.45) is 5.73 Å². The molecule has 2 aromatic heterocycles. The van der Waals surface area contributed by atoms with Gasteiger partial charge in [0.05, 0.1) is 33.7 Å². The van der Waals surface area contributed by atoms with Crippen molar-refractivity contribution in [2.75, 3.05) is 11.9 Å². The van der Waals surface area contributed by atoms with E-state index in [9.17, 15) is 14.3 Å². The van der Waals surface area contributed by atoms with E-state index in [0.717, 1.165) is 33.1 Å². The number of nitrogens with one attached hydrogen (secondary N) is 2. The molecule has 0 aliphatic heterocycles. The van der Waals surface area contributed by atoms with E-state index in [1.165, 1.54) is 12.1 Å². The largest absolute Gasteiger partial charge is 0.392 e. The molecular formula is C29H24FN5O2. The first-order valence-electron chi connectivity index (χ1n) is 11.9. The van der Waals surface area contributed by atoms with E-state index >= 15 is 0 Å². The number of aromatic amines is 1. The second-order valence-electron chi connectivity index (χ2n) is 9.12. The van der Waals surface area contributed by atoms with Gasteiger partial charge >= 0.3 is 0 Å². The number of hydrogen-bond acceptors (Lipinski definition) is 4. The Kier molecular flexibility index (Phi) is 5.39. The van der Waals surface area contributed by atoms with Gasteiger partial charge in [-0.25, -0.2) is 9.37 Å². The molecule has 6 rings (SSSR count). The number of anilines is 1. The molecule has 0 radical (unpaired) electrons. The van der Waals surface area contributed by atoms with E-state index in [2.05, 4.69) is 20.9 Å². The summed E-state index contributed by atoms with van der Waals surface area (Å²) in [4.78, 5) is 20.1. The lowest BCUT2D eigenvalue weighted by Gasteiger charge is -2.15. The lowest BCUT2D eigenvalue weighted by atomic mass is 10.1. The van der Waals surface area contributed by atoms with E-state index in [-0.39, 0.29) is 12.4 Å². The molecule has 0 fully saturated rings. The number of para-hydroxylation sites is 1. The number of nitrogens with two attached hydrogens (primary N) is 1. The highest BCUT2D eigenvalue weighted by Crippen LogP contribution is 2.38. The molecule has 0 bridgehead atoms. The van der Waals surface area contributed by atoms with Crippen molar-refractivity contribution in [1.82, 2.24) is 14.5 Å². The average molecular weight is 494 g/mol. The van der Waals surface area contributed by atoms with Gasteiger partial charge in [-0.05, 0) is 55.5 Å². The molecule has 0 unspecified atom stereocenters. The Morgan fingerprint density at radius 1 is 1.08 bits per heavy atom. The molecule has 0 aliphatic rings. The minimum absolute atomic E-state index is 0.272. The molecule has 1 atom stereocenters. The lowest BCUT2D eigenvalue weighted by Crippen LogP contribution is -2.19. The highest BCUT2D eigenvalue weighted by molar-refractivity contribution is 6.15. The number of fused-ring (bicyclic) bond motifs is 4. The van der Waals surface area contributed by atoms with Crippen molar-refractivity contribution < 1.29 is 14.3 Å². The fourth-order valence-corrected chi connectivity index (χ4v) is 4.89. The summed E-state index contributed by atoms with van der Waals surface area (Å²) in [7, 11) is 0. The van der Waals surface area contributed by atoms with Crippen LogP contribution in [0.3, 0.4) is 0 Å². The highest BCUT2D eigenvalue weighted by Gasteiger charge is 2.19. The van der Waals surface area contributed by atoms with Gasteiger partial charge in [-0.3, -0.25) is 4.79 Å². The molecule has 4 aromatic carbocycles. The van der Waals surface area contributed by atoms with Gasteiger partial charge in [0.1, 0.15) is 11.6 Å². The highest BCUT2D eigenvalue weighted by atomic mass is 19.1. The third-order valence-electron chi connectivity index (χ3n) is 6.51. The number of primary amides is 1. The van der Waals surface area contributed by atoms with E-state index in [4.69, 9.17) is 10.7 Å². The molecule has 0 aliphatic carbocycles. The molecule has 5 N–H and O–H groups in total. The zero-order valence-corrected chi connectivity index (χ0v) is 20.0. The first-order valence-corrected chi connectivity index (χ1v) is 11.9. The normalized spacial score (nSPS) is 12.4. The van der Waals surface area contributed by atoms with Crippen LogP contribution in [0, 0.1) is 5.82 Å². The smallest absolute Gasteiger partial charge is 0.250 e. The van der Waals surface area contributed by atoms with Gasteiger partial charge in [-0.1, -0.05) is 30.3 Å². The molecule has 8 heteroatoms. The van der Waals surface area contributed by atoms with Crippen LogP contribution in [0.25, 0.3) is 49.9 Å². The Labute approximate surface area is 211 Å². The maximum atomic E-state index is 13.8. The maximum absolute atomic E-state index is 13.8. The number of benzene rings is 4. The number of rotatable bonds is 6. The quantitative estimate of drug-likeness (QED) is 0.251. The van der Waals surface area contributed by atoms with Crippen LogP contribution in [0.4, 0.5) is 10.1 Å². The van der Waals surface area contributed by atoms with E-state index in [0.29, 0.717) is 28.1 Å². The van der Waals surface area contributed by atoms with Gasteiger partial charge in [-0.15, -0.1) is 0 Å². The summed E-state index contributed by atoms with van der Waals surface area (Å²) in [5, 5.41) is 14.9. The Balaban J connectivity index is 1.60. The molecule has 184 valence electrons. The summed E-state index contributed by atoms with van der Waals surface area (Å²) < 4.78 is 15.9. The first-order chi connectivity index (χ1) is 17.9. The van der Waals surface area contributed by atoms with Crippen LogP contribution in [-0.2, 0) is 0 Å². The Morgan fingerprint density at radius 3 is 2.70 bits per heavy atom. The second-order valence-corrected chi connectivity index (χ2v) is 9.12. The standard InChI is InChI=1S/C29H24FN5O2/c1-16(36)15-32-23-14-18(10-11-19(23)28(31)37)35-25-7-3-2-5-20(25)27-21(6-4-8-26(27)35)29-33-22-12-9-17(30)13-24(22)34-29/h2-14,16,32,36H,15H2,1H3,(H2,31,37)(H,33,34)/t16-/m1/s1. The fourth-order valence-electron chi connectivity index (χ4n) is 4.89. The Morgan fingerprint density at radius 2 is 1.89 bits per heavy atom. The number of carbonyl (C=O) groups excluding carboxylic acids is 1. The van der Waals surface area contributed by atoms with Gasteiger partial charge in [-0.2, -0.15) is 0 Å². The first kappa shape index (κ1) is 22.8. The summed E-state index contributed by atoms with van der Waals surface area (Å²) in [5.41, 5.74) is 11.5. The van der Waals surface area contributed by atoms with Gasteiger partial charge in [0.2, 0.25) is 0 Å². The van der Waals surface area contributed by atoms with Crippen LogP contribution >= 0.6 is 0 Å². The van der Waals surface area contributed by atoms with Crippen LogP contribution in [0.5, 0.6) is 0 Å². The minimum atomic E-state index is -0.600. The molecule has 0 saturated carbocycles. The van der Waals surface area contributed by atoms with Crippen LogP contribution in [0.1, 0.15) is 17.3 Å². The number of H-pyrrole nitrogens is 1. The van der Waals surface area contributed by atoms with Crippen LogP contribution < -0.4 is 11.1 Å². The molecule has 0 saturated heterocycles. The van der Waals surface area contributed by atoms with E-state index in [1.54, 1.807) is 19.1 Å². The number of aromatic nitrogens is 3. The van der Waals surface area contributed by atoms with Crippen LogP contribution in [0.2, 0.25) is 0 Å². The zero-order chi connectivity index (χ0) is 25.7. The SMILES string of the molecule is C[C@@H](O)CNc1cc(-n2c3ccccc3c3c(-c4nc5ccc(F)cc5[nH]4)cccc32)ccc1C(N)=O. The molecule has 0 spiro atoms. The topological polar surface area (TPSA) is 109 Å². The monoisotopic (exact) mass is 493 g/mol. The van der Waals surface area contributed by atoms with Gasteiger partial charge in [0.15, 0.2) is 0 Å². The number of aliphatic hydroxyl groups excluding tert-OH is 1. The number of imidazole rings is 1. The average Bonchev–Trinajstić information content (AvgIpc) is 3.46. The number of carbonyl (C=O) groups is 1. The Hall–Kier alpha value is -4.69. The zero-order valence-electron chi connectivity index (χ0n) is 20.0. The predicted octanol–water partition coefficient (Wildman–Crippen LogP) is 5.36. The number of hydrogen-bond donors (Lipinski definition) is 4. The van der Waals surface area contributed by atoms with Crippen molar-refractivity contribution in [3.63, 3.8) is 0 Å². The fraction of sp³-hybridized carbons (Fsp3) is 0.103. The number of halogens is 1. The summed E-state index contributed by atoms with van der Waals surface area (Å²) >= 11 is 0. The summed E-state index contributed by atoms with van der Waals surface area (Å²) in [6.07, 6.45) is -0.600. The molecule has 1 amide bonds.